The lowest BCUT2D eigenvalue weighted by Crippen LogP contribution is -1.67. The molecule has 0 unspecified atom stereocenters. The number of allylic oxidation sites excluding steroid dienone is 6. The second kappa shape index (κ2) is 2.67. The third-order valence-electron chi connectivity index (χ3n) is 1.26. The zero-order chi connectivity index (χ0) is 6.69. The van der Waals surface area contributed by atoms with Crippen LogP contribution in [-0.4, -0.2) is 0 Å². The summed E-state index contributed by atoms with van der Waals surface area (Å²) in [5, 5.41) is 0. The molecule has 9 heavy (non-hydrogen) atoms. The van der Waals surface area contributed by atoms with E-state index in [0.717, 1.165) is 6.42 Å². The molecule has 1 aliphatic carbocycles. The summed E-state index contributed by atoms with van der Waals surface area (Å²) in [6.45, 7) is 4.24. The molecule has 0 spiro atoms. The van der Waals surface area contributed by atoms with Crippen LogP contribution in [0.1, 0.15) is 20.3 Å². The zero-order valence-corrected chi connectivity index (χ0v) is 6.02. The molecule has 0 bridgehead atoms. The predicted molar refractivity (Wildman–Crippen MR) is 41.3 cm³/mol. The van der Waals surface area contributed by atoms with E-state index in [9.17, 15) is 0 Å². The molecule has 0 heteroatoms. The van der Waals surface area contributed by atoms with E-state index in [1.54, 1.807) is 0 Å². The standard InChI is InChI=1S/C9H12/c1-8(2)7-9-5-3-4-6-9/h3,5-7H,4H2,1-2H3. The highest BCUT2D eigenvalue weighted by molar-refractivity contribution is 5.36. The zero-order valence-electron chi connectivity index (χ0n) is 6.02. The van der Waals surface area contributed by atoms with Crippen molar-refractivity contribution < 1.29 is 0 Å². The van der Waals surface area contributed by atoms with E-state index in [1.165, 1.54) is 11.1 Å². The van der Waals surface area contributed by atoms with Crippen molar-refractivity contribution in [3.8, 4) is 0 Å². The van der Waals surface area contributed by atoms with Gasteiger partial charge in [0.05, 0.1) is 0 Å². The van der Waals surface area contributed by atoms with E-state index >= 15 is 0 Å². The van der Waals surface area contributed by atoms with Crippen LogP contribution in [0.3, 0.4) is 0 Å². The Labute approximate surface area is 56.6 Å². The van der Waals surface area contributed by atoms with Gasteiger partial charge in [-0.05, 0) is 25.8 Å². The molecular weight excluding hydrogens is 108 g/mol. The molecule has 0 atom stereocenters. The van der Waals surface area contributed by atoms with Crippen molar-refractivity contribution >= 4 is 0 Å². The highest BCUT2D eigenvalue weighted by Gasteiger charge is 1.90. The fourth-order valence-corrected chi connectivity index (χ4v) is 0.917. The predicted octanol–water partition coefficient (Wildman–Crippen LogP) is 2.84. The normalized spacial score (nSPS) is 15.6. The maximum absolute atomic E-state index is 2.23. The van der Waals surface area contributed by atoms with Crippen LogP contribution in [0.2, 0.25) is 0 Å². The minimum atomic E-state index is 1.11. The average Bonchev–Trinajstić information content (AvgIpc) is 2.15. The van der Waals surface area contributed by atoms with Gasteiger partial charge in [-0.3, -0.25) is 0 Å². The smallest absolute Gasteiger partial charge is 0.0157 e. The summed E-state index contributed by atoms with van der Waals surface area (Å²) in [6.07, 6.45) is 9.87. The molecule has 0 N–H and O–H groups in total. The molecule has 0 aliphatic heterocycles. The maximum atomic E-state index is 2.23. The minimum Gasteiger partial charge on any atom is -0.0801 e. The van der Waals surface area contributed by atoms with Gasteiger partial charge in [0, 0.05) is 0 Å². The summed E-state index contributed by atoms with van der Waals surface area (Å²) in [7, 11) is 0. The van der Waals surface area contributed by atoms with Crippen LogP contribution in [0.4, 0.5) is 0 Å². The monoisotopic (exact) mass is 120 g/mol. The maximum Gasteiger partial charge on any atom is -0.0157 e. The quantitative estimate of drug-likeness (QED) is 0.499. The van der Waals surface area contributed by atoms with E-state index in [4.69, 9.17) is 0 Å². The van der Waals surface area contributed by atoms with Gasteiger partial charge < -0.3 is 0 Å². The Kier molecular flexibility index (Phi) is 1.88. The SMILES string of the molecule is CC(C)=CC1=CCC=C1. The minimum absolute atomic E-state index is 1.11. The number of hydrogen-bond acceptors (Lipinski definition) is 0. The van der Waals surface area contributed by atoms with Gasteiger partial charge in [-0.15, -0.1) is 0 Å². The molecule has 0 radical (unpaired) electrons. The highest BCUT2D eigenvalue weighted by Crippen LogP contribution is 2.11. The molecule has 0 aromatic carbocycles. The molecule has 1 rings (SSSR count). The topological polar surface area (TPSA) is 0 Å². The average molecular weight is 120 g/mol. The van der Waals surface area contributed by atoms with Gasteiger partial charge in [0.25, 0.3) is 0 Å². The molecule has 0 saturated carbocycles. The van der Waals surface area contributed by atoms with Gasteiger partial charge in [0.15, 0.2) is 0 Å². The Morgan fingerprint density at radius 1 is 1.56 bits per heavy atom. The van der Waals surface area contributed by atoms with Crippen LogP contribution in [0, 0.1) is 0 Å². The summed E-state index contributed by atoms with van der Waals surface area (Å²) in [5.41, 5.74) is 2.72. The lowest BCUT2D eigenvalue weighted by Gasteiger charge is -1.88. The summed E-state index contributed by atoms with van der Waals surface area (Å²) in [4.78, 5) is 0. The first-order valence-electron chi connectivity index (χ1n) is 3.30. The first kappa shape index (κ1) is 6.34. The Balaban J connectivity index is 2.64. The van der Waals surface area contributed by atoms with Crippen LogP contribution >= 0.6 is 0 Å². The van der Waals surface area contributed by atoms with E-state index in [1.807, 2.05) is 0 Å². The first-order valence-corrected chi connectivity index (χ1v) is 3.30. The van der Waals surface area contributed by atoms with Crippen molar-refractivity contribution in [3.63, 3.8) is 0 Å². The molecule has 0 fully saturated rings. The molecule has 1 aliphatic rings. The van der Waals surface area contributed by atoms with Crippen LogP contribution in [-0.2, 0) is 0 Å². The second-order valence-electron chi connectivity index (χ2n) is 2.56. The van der Waals surface area contributed by atoms with Crippen molar-refractivity contribution in [2.24, 2.45) is 0 Å². The van der Waals surface area contributed by atoms with Gasteiger partial charge in [-0.25, -0.2) is 0 Å². The van der Waals surface area contributed by atoms with E-state index in [2.05, 4.69) is 38.2 Å². The van der Waals surface area contributed by atoms with Gasteiger partial charge in [-0.2, -0.15) is 0 Å². The van der Waals surface area contributed by atoms with Gasteiger partial charge >= 0.3 is 0 Å². The van der Waals surface area contributed by atoms with Crippen molar-refractivity contribution in [1.82, 2.24) is 0 Å². The Morgan fingerprint density at radius 3 is 2.78 bits per heavy atom. The summed E-state index contributed by atoms with van der Waals surface area (Å²) in [5.74, 6) is 0. The van der Waals surface area contributed by atoms with Crippen molar-refractivity contribution in [2.45, 2.75) is 20.3 Å². The third-order valence-corrected chi connectivity index (χ3v) is 1.26. The fourth-order valence-electron chi connectivity index (χ4n) is 0.917. The largest absolute Gasteiger partial charge is 0.0801 e. The van der Waals surface area contributed by atoms with Crippen molar-refractivity contribution in [2.75, 3.05) is 0 Å². The van der Waals surface area contributed by atoms with Crippen molar-refractivity contribution in [1.29, 1.82) is 0 Å². The molecular formula is C9H12. The van der Waals surface area contributed by atoms with Gasteiger partial charge in [-0.1, -0.05) is 29.9 Å². The second-order valence-corrected chi connectivity index (χ2v) is 2.56. The van der Waals surface area contributed by atoms with Crippen LogP contribution in [0.15, 0.2) is 35.5 Å². The third kappa shape index (κ3) is 1.88. The lowest BCUT2D eigenvalue weighted by molar-refractivity contribution is 1.37. The fraction of sp³-hybridized carbons (Fsp3) is 0.333. The molecule has 0 nitrogen and oxygen atoms in total. The molecule has 48 valence electrons. The molecule has 0 saturated heterocycles. The van der Waals surface area contributed by atoms with Crippen LogP contribution in [0.25, 0.3) is 0 Å². The molecule has 0 aromatic heterocycles. The van der Waals surface area contributed by atoms with E-state index in [0.29, 0.717) is 0 Å². The molecule has 0 aromatic rings. The summed E-state index contributed by atoms with van der Waals surface area (Å²) >= 11 is 0. The van der Waals surface area contributed by atoms with Crippen molar-refractivity contribution in [3.05, 3.63) is 35.5 Å². The molecule has 0 amide bonds. The number of rotatable bonds is 1. The number of hydrogen-bond donors (Lipinski definition) is 0. The summed E-state index contributed by atoms with van der Waals surface area (Å²) < 4.78 is 0. The highest BCUT2D eigenvalue weighted by atomic mass is 14.0. The van der Waals surface area contributed by atoms with E-state index in [-0.39, 0.29) is 0 Å². The molecule has 0 heterocycles. The van der Waals surface area contributed by atoms with Gasteiger partial charge in [0.2, 0.25) is 0 Å². The van der Waals surface area contributed by atoms with E-state index < -0.39 is 0 Å². The van der Waals surface area contributed by atoms with Crippen LogP contribution < -0.4 is 0 Å². The Bertz CT molecular complexity index is 176. The van der Waals surface area contributed by atoms with Gasteiger partial charge in [0.1, 0.15) is 0 Å². The Morgan fingerprint density at radius 2 is 2.33 bits per heavy atom. The lowest BCUT2D eigenvalue weighted by atomic mass is 10.2. The first-order chi connectivity index (χ1) is 4.29. The summed E-state index contributed by atoms with van der Waals surface area (Å²) in [6, 6.07) is 0. The Hall–Kier alpha value is -0.780. The van der Waals surface area contributed by atoms with Crippen LogP contribution in [0.5, 0.6) is 0 Å².